The summed E-state index contributed by atoms with van der Waals surface area (Å²) in [4.78, 5) is 12.7. The summed E-state index contributed by atoms with van der Waals surface area (Å²) in [6.45, 7) is 1.46. The molecule has 14 heavy (non-hydrogen) atoms. The van der Waals surface area contributed by atoms with Crippen molar-refractivity contribution in [1.29, 1.82) is 0 Å². The Labute approximate surface area is 84.7 Å². The van der Waals surface area contributed by atoms with Gasteiger partial charge >= 0.3 is 5.97 Å². The Bertz CT molecular complexity index is 307. The molecule has 1 saturated heterocycles. The van der Waals surface area contributed by atoms with Crippen LogP contribution in [0.1, 0.15) is 12.8 Å². The molecular weight excluding hydrogens is 204 g/mol. The molecular formula is C7H10N4O2S. The maximum absolute atomic E-state index is 10.7. The van der Waals surface area contributed by atoms with Crippen LogP contribution >= 0.6 is 11.5 Å². The molecule has 1 fully saturated rings. The fourth-order valence-electron chi connectivity index (χ4n) is 1.57. The molecule has 0 radical (unpaired) electrons. The molecule has 0 saturated carbocycles. The van der Waals surface area contributed by atoms with Crippen LogP contribution in [0.2, 0.25) is 0 Å². The lowest BCUT2D eigenvalue weighted by molar-refractivity contribution is -0.142. The van der Waals surface area contributed by atoms with Crippen molar-refractivity contribution in [3.8, 4) is 0 Å². The van der Waals surface area contributed by atoms with Crippen LogP contribution in [0.5, 0.6) is 0 Å². The van der Waals surface area contributed by atoms with Gasteiger partial charge in [-0.1, -0.05) is 9.59 Å². The molecule has 0 unspecified atom stereocenters. The molecule has 1 N–H and O–H groups in total. The van der Waals surface area contributed by atoms with Gasteiger partial charge < -0.3 is 10.0 Å². The number of carbonyl (C=O) groups is 1. The van der Waals surface area contributed by atoms with Gasteiger partial charge in [0.1, 0.15) is 0 Å². The second kappa shape index (κ2) is 3.87. The fraction of sp³-hybridized carbons (Fsp3) is 0.714. The van der Waals surface area contributed by atoms with E-state index in [1.807, 2.05) is 4.90 Å². The van der Waals surface area contributed by atoms with Gasteiger partial charge in [0.2, 0.25) is 5.13 Å². The number of carboxylic acids is 1. The maximum Gasteiger partial charge on any atom is 0.306 e. The summed E-state index contributed by atoms with van der Waals surface area (Å²) in [6, 6.07) is 0. The molecule has 1 aromatic rings. The van der Waals surface area contributed by atoms with Crippen molar-refractivity contribution in [2.75, 3.05) is 18.0 Å². The second-order valence-electron chi connectivity index (χ2n) is 3.24. The molecule has 7 heteroatoms. The van der Waals surface area contributed by atoms with E-state index >= 15 is 0 Å². The molecule has 2 rings (SSSR count). The van der Waals surface area contributed by atoms with Crippen molar-refractivity contribution >= 4 is 22.6 Å². The number of rotatable bonds is 2. The minimum Gasteiger partial charge on any atom is -0.481 e. The van der Waals surface area contributed by atoms with Gasteiger partial charge in [0, 0.05) is 24.6 Å². The van der Waals surface area contributed by atoms with E-state index in [2.05, 4.69) is 14.8 Å². The fourth-order valence-corrected chi connectivity index (χ4v) is 2.09. The molecule has 2 heterocycles. The van der Waals surface area contributed by atoms with Crippen LogP contribution in [0.4, 0.5) is 5.13 Å². The third kappa shape index (κ3) is 1.82. The van der Waals surface area contributed by atoms with Gasteiger partial charge in [-0.05, 0) is 18.1 Å². The van der Waals surface area contributed by atoms with Crippen LogP contribution in [0.15, 0.2) is 0 Å². The van der Waals surface area contributed by atoms with Crippen LogP contribution < -0.4 is 4.90 Å². The predicted molar refractivity (Wildman–Crippen MR) is 50.3 cm³/mol. The van der Waals surface area contributed by atoms with Crippen LogP contribution in [0.25, 0.3) is 0 Å². The van der Waals surface area contributed by atoms with E-state index in [1.165, 1.54) is 11.5 Å². The number of carboxylic acid groups (broad SMARTS) is 1. The van der Waals surface area contributed by atoms with Crippen molar-refractivity contribution in [1.82, 2.24) is 14.8 Å². The first-order valence-electron chi connectivity index (χ1n) is 4.40. The van der Waals surface area contributed by atoms with Gasteiger partial charge in [-0.25, -0.2) is 0 Å². The van der Waals surface area contributed by atoms with Crippen LogP contribution in [-0.2, 0) is 4.79 Å². The lowest BCUT2D eigenvalue weighted by Crippen LogP contribution is -2.36. The average molecular weight is 214 g/mol. The zero-order valence-electron chi connectivity index (χ0n) is 7.46. The zero-order valence-corrected chi connectivity index (χ0v) is 8.27. The highest BCUT2D eigenvalue weighted by Gasteiger charge is 2.25. The number of anilines is 1. The van der Waals surface area contributed by atoms with E-state index in [0.29, 0.717) is 12.8 Å². The summed E-state index contributed by atoms with van der Waals surface area (Å²) in [5.41, 5.74) is 0. The van der Waals surface area contributed by atoms with Crippen LogP contribution in [-0.4, -0.2) is 39.0 Å². The summed E-state index contributed by atoms with van der Waals surface area (Å²) >= 11 is 1.25. The standard InChI is InChI=1S/C7H10N4O2S/c12-6(13)5-1-3-11(4-2-5)7-8-9-10-14-7/h5H,1-4H2,(H,12,13). The number of hydrogen-bond acceptors (Lipinski definition) is 6. The smallest absolute Gasteiger partial charge is 0.306 e. The Kier molecular flexibility index (Phi) is 2.58. The number of aliphatic carboxylic acids is 1. The van der Waals surface area contributed by atoms with Crippen molar-refractivity contribution in [2.24, 2.45) is 5.92 Å². The highest BCUT2D eigenvalue weighted by Crippen LogP contribution is 2.22. The lowest BCUT2D eigenvalue weighted by atomic mass is 9.98. The lowest BCUT2D eigenvalue weighted by Gasteiger charge is -2.28. The van der Waals surface area contributed by atoms with Gasteiger partial charge in [-0.15, -0.1) is 0 Å². The minimum absolute atomic E-state index is 0.202. The molecule has 76 valence electrons. The molecule has 0 bridgehead atoms. The number of nitrogens with zero attached hydrogens (tertiary/aromatic N) is 4. The van der Waals surface area contributed by atoms with E-state index in [4.69, 9.17) is 5.11 Å². The summed E-state index contributed by atoms with van der Waals surface area (Å²) in [7, 11) is 0. The SMILES string of the molecule is O=C(O)C1CCN(c2nnns2)CC1. The van der Waals surface area contributed by atoms with E-state index in [-0.39, 0.29) is 5.92 Å². The summed E-state index contributed by atoms with van der Waals surface area (Å²) in [5, 5.41) is 16.9. The molecule has 1 aliphatic rings. The molecule has 0 aromatic carbocycles. The van der Waals surface area contributed by atoms with E-state index < -0.39 is 5.97 Å². The van der Waals surface area contributed by atoms with Crippen molar-refractivity contribution in [3.05, 3.63) is 0 Å². The number of piperidine rings is 1. The monoisotopic (exact) mass is 214 g/mol. The van der Waals surface area contributed by atoms with E-state index in [9.17, 15) is 4.79 Å². The average Bonchev–Trinajstić information content (AvgIpc) is 2.71. The Morgan fingerprint density at radius 2 is 2.21 bits per heavy atom. The molecule has 0 amide bonds. The molecule has 6 nitrogen and oxygen atoms in total. The number of aromatic nitrogens is 3. The highest BCUT2D eigenvalue weighted by atomic mass is 32.1. The highest BCUT2D eigenvalue weighted by molar-refractivity contribution is 7.09. The molecule has 1 aliphatic heterocycles. The summed E-state index contributed by atoms with van der Waals surface area (Å²) in [6.07, 6.45) is 1.35. The summed E-state index contributed by atoms with van der Waals surface area (Å²) < 4.78 is 3.67. The Balaban J connectivity index is 1.93. The topological polar surface area (TPSA) is 79.2 Å². The van der Waals surface area contributed by atoms with E-state index in [0.717, 1.165) is 18.2 Å². The Morgan fingerprint density at radius 1 is 1.50 bits per heavy atom. The van der Waals surface area contributed by atoms with Gasteiger partial charge in [-0.3, -0.25) is 4.79 Å². The molecule has 1 aromatic heterocycles. The third-order valence-corrected chi connectivity index (χ3v) is 3.06. The number of hydrogen-bond donors (Lipinski definition) is 1. The molecule has 0 atom stereocenters. The Morgan fingerprint density at radius 3 is 2.71 bits per heavy atom. The largest absolute Gasteiger partial charge is 0.481 e. The second-order valence-corrected chi connectivity index (χ2v) is 3.96. The van der Waals surface area contributed by atoms with Crippen molar-refractivity contribution < 1.29 is 9.90 Å². The normalized spacial score (nSPS) is 18.4. The van der Waals surface area contributed by atoms with Gasteiger partial charge in [0.05, 0.1) is 5.92 Å². The minimum atomic E-state index is -0.694. The van der Waals surface area contributed by atoms with E-state index in [1.54, 1.807) is 0 Å². The maximum atomic E-state index is 10.7. The van der Waals surface area contributed by atoms with Gasteiger partial charge in [0.15, 0.2) is 0 Å². The van der Waals surface area contributed by atoms with Crippen LogP contribution in [0, 0.1) is 5.92 Å². The zero-order chi connectivity index (χ0) is 9.97. The quantitative estimate of drug-likeness (QED) is 0.759. The van der Waals surface area contributed by atoms with Gasteiger partial charge in [-0.2, -0.15) is 0 Å². The summed E-state index contributed by atoms with van der Waals surface area (Å²) in [5.74, 6) is -0.896. The first kappa shape index (κ1) is 9.32. The molecule has 0 spiro atoms. The first-order valence-corrected chi connectivity index (χ1v) is 5.17. The van der Waals surface area contributed by atoms with Gasteiger partial charge in [0.25, 0.3) is 0 Å². The predicted octanol–water partition coefficient (Wildman–Crippen LogP) is 0.234. The molecule has 0 aliphatic carbocycles. The van der Waals surface area contributed by atoms with Crippen molar-refractivity contribution in [2.45, 2.75) is 12.8 Å². The first-order chi connectivity index (χ1) is 6.77. The Hall–Kier alpha value is -1.24. The van der Waals surface area contributed by atoms with Crippen LogP contribution in [0.3, 0.4) is 0 Å². The van der Waals surface area contributed by atoms with Crippen molar-refractivity contribution in [3.63, 3.8) is 0 Å². The third-order valence-electron chi connectivity index (χ3n) is 2.40.